The number of rotatable bonds is 3. The predicted octanol–water partition coefficient (Wildman–Crippen LogP) is 1.74. The smallest absolute Gasteiger partial charge is 0.309 e. The summed E-state index contributed by atoms with van der Waals surface area (Å²) in [6, 6.07) is 0. The number of ketones is 1. The fourth-order valence-corrected chi connectivity index (χ4v) is 2.21. The molecule has 16 heavy (non-hydrogen) atoms. The predicted molar refractivity (Wildman–Crippen MR) is 56.6 cm³/mol. The maximum absolute atomic E-state index is 11.6. The Morgan fingerprint density at radius 1 is 1.50 bits per heavy atom. The summed E-state index contributed by atoms with van der Waals surface area (Å²) >= 11 is 0. The molecule has 1 aliphatic carbocycles. The number of hydrogen-bond acceptors (Lipinski definition) is 4. The average molecular weight is 224 g/mol. The Morgan fingerprint density at radius 2 is 2.31 bits per heavy atom. The minimum absolute atomic E-state index is 0.188. The van der Waals surface area contributed by atoms with Gasteiger partial charge in [0.1, 0.15) is 11.9 Å². The zero-order chi connectivity index (χ0) is 11.5. The lowest BCUT2D eigenvalue weighted by atomic mass is 9.94. The molecule has 0 aromatic rings. The Labute approximate surface area is 94.6 Å². The maximum Gasteiger partial charge on any atom is 0.309 e. The normalized spacial score (nSPS) is 24.1. The Hall–Kier alpha value is -1.32. The molecule has 0 unspecified atom stereocenters. The van der Waals surface area contributed by atoms with Crippen molar-refractivity contribution in [2.24, 2.45) is 0 Å². The number of carbonyl (C=O) groups is 2. The van der Waals surface area contributed by atoms with Crippen LogP contribution in [0.4, 0.5) is 0 Å². The van der Waals surface area contributed by atoms with E-state index in [2.05, 4.69) is 0 Å². The molecule has 0 amide bonds. The van der Waals surface area contributed by atoms with Gasteiger partial charge in [0, 0.05) is 24.8 Å². The van der Waals surface area contributed by atoms with Gasteiger partial charge in [0.25, 0.3) is 0 Å². The highest BCUT2D eigenvalue weighted by atomic mass is 16.5. The summed E-state index contributed by atoms with van der Waals surface area (Å²) in [5.41, 5.74) is 0.806. The monoisotopic (exact) mass is 224 g/mol. The zero-order valence-corrected chi connectivity index (χ0v) is 9.45. The van der Waals surface area contributed by atoms with Crippen LogP contribution in [-0.2, 0) is 19.1 Å². The summed E-state index contributed by atoms with van der Waals surface area (Å²) in [6.45, 7) is 2.16. The highest BCUT2D eigenvalue weighted by molar-refractivity contribution is 5.97. The van der Waals surface area contributed by atoms with Crippen molar-refractivity contribution in [1.29, 1.82) is 0 Å². The van der Waals surface area contributed by atoms with Gasteiger partial charge in [-0.15, -0.1) is 0 Å². The topological polar surface area (TPSA) is 52.6 Å². The molecule has 0 aromatic carbocycles. The SMILES string of the molecule is CCOC(=O)C[C@@H]1CC2=C(CCCC2=O)O1. The first-order chi connectivity index (χ1) is 7.70. The molecule has 4 nitrogen and oxygen atoms in total. The summed E-state index contributed by atoms with van der Waals surface area (Å²) in [5.74, 6) is 0.748. The molecule has 0 aromatic heterocycles. The number of hydrogen-bond donors (Lipinski definition) is 0. The first-order valence-electron chi connectivity index (χ1n) is 5.78. The van der Waals surface area contributed by atoms with E-state index in [1.807, 2.05) is 0 Å². The van der Waals surface area contributed by atoms with E-state index in [0.29, 0.717) is 19.4 Å². The lowest BCUT2D eigenvalue weighted by Crippen LogP contribution is -2.15. The van der Waals surface area contributed by atoms with Crippen molar-refractivity contribution in [3.8, 4) is 0 Å². The molecule has 0 spiro atoms. The van der Waals surface area contributed by atoms with E-state index < -0.39 is 0 Å². The summed E-state index contributed by atoms with van der Waals surface area (Å²) in [6.07, 6.45) is 2.95. The number of carbonyl (C=O) groups excluding carboxylic acids is 2. The van der Waals surface area contributed by atoms with Crippen molar-refractivity contribution in [2.75, 3.05) is 6.61 Å². The van der Waals surface area contributed by atoms with Gasteiger partial charge in [0.05, 0.1) is 13.0 Å². The highest BCUT2D eigenvalue weighted by Gasteiger charge is 2.33. The molecule has 0 bridgehead atoms. The molecule has 0 fully saturated rings. The Balaban J connectivity index is 1.91. The maximum atomic E-state index is 11.6. The van der Waals surface area contributed by atoms with Gasteiger partial charge >= 0.3 is 5.97 Å². The van der Waals surface area contributed by atoms with Crippen molar-refractivity contribution >= 4 is 11.8 Å². The molecule has 1 atom stereocenters. The lowest BCUT2D eigenvalue weighted by molar-refractivity contribution is -0.145. The lowest BCUT2D eigenvalue weighted by Gasteiger charge is -2.12. The first-order valence-corrected chi connectivity index (χ1v) is 5.78. The van der Waals surface area contributed by atoms with Crippen LogP contribution < -0.4 is 0 Å². The van der Waals surface area contributed by atoms with E-state index in [0.717, 1.165) is 24.2 Å². The van der Waals surface area contributed by atoms with Crippen LogP contribution in [0.25, 0.3) is 0 Å². The molecule has 4 heteroatoms. The van der Waals surface area contributed by atoms with Crippen LogP contribution in [0.2, 0.25) is 0 Å². The average Bonchev–Trinajstić information content (AvgIpc) is 2.62. The molecule has 0 saturated heterocycles. The minimum Gasteiger partial charge on any atom is -0.493 e. The van der Waals surface area contributed by atoms with Gasteiger partial charge < -0.3 is 9.47 Å². The Bertz CT molecular complexity index is 343. The number of esters is 1. The van der Waals surface area contributed by atoms with Crippen LogP contribution in [0, 0.1) is 0 Å². The van der Waals surface area contributed by atoms with Crippen molar-refractivity contribution < 1.29 is 19.1 Å². The third kappa shape index (κ3) is 2.26. The van der Waals surface area contributed by atoms with Gasteiger partial charge in [-0.05, 0) is 13.3 Å². The van der Waals surface area contributed by atoms with Gasteiger partial charge in [-0.3, -0.25) is 9.59 Å². The van der Waals surface area contributed by atoms with Crippen LogP contribution >= 0.6 is 0 Å². The van der Waals surface area contributed by atoms with E-state index in [9.17, 15) is 9.59 Å². The number of Topliss-reactive ketones (excluding diaryl/α,β-unsaturated/α-hetero) is 1. The first kappa shape index (κ1) is 11.2. The van der Waals surface area contributed by atoms with Crippen molar-refractivity contribution in [3.05, 3.63) is 11.3 Å². The minimum atomic E-state index is -0.250. The molecule has 0 saturated carbocycles. The fraction of sp³-hybridized carbons (Fsp3) is 0.667. The number of ether oxygens (including phenoxy) is 2. The molecule has 0 radical (unpaired) electrons. The van der Waals surface area contributed by atoms with Gasteiger partial charge in [-0.1, -0.05) is 0 Å². The third-order valence-electron chi connectivity index (χ3n) is 2.92. The van der Waals surface area contributed by atoms with Gasteiger partial charge in [-0.2, -0.15) is 0 Å². The van der Waals surface area contributed by atoms with Crippen LogP contribution in [-0.4, -0.2) is 24.5 Å². The molecule has 0 N–H and O–H groups in total. The standard InChI is InChI=1S/C12H16O4/c1-2-15-12(14)7-8-6-9-10(13)4-3-5-11(9)16-8/h8H,2-7H2,1H3/t8-/m0/s1. The Morgan fingerprint density at radius 3 is 3.00 bits per heavy atom. The zero-order valence-electron chi connectivity index (χ0n) is 9.45. The second-order valence-electron chi connectivity index (χ2n) is 4.13. The second kappa shape index (κ2) is 4.68. The molecule has 2 aliphatic rings. The number of allylic oxidation sites excluding steroid dienone is 1. The van der Waals surface area contributed by atoms with Gasteiger partial charge in [0.2, 0.25) is 0 Å². The summed E-state index contributed by atoms with van der Waals surface area (Å²) in [4.78, 5) is 22.9. The highest BCUT2D eigenvalue weighted by Crippen LogP contribution is 2.35. The molecule has 2 rings (SSSR count). The molecule has 1 heterocycles. The van der Waals surface area contributed by atoms with Crippen LogP contribution in [0.15, 0.2) is 11.3 Å². The van der Waals surface area contributed by atoms with Crippen LogP contribution in [0.3, 0.4) is 0 Å². The molecule has 88 valence electrons. The molecule has 1 aliphatic heterocycles. The third-order valence-corrected chi connectivity index (χ3v) is 2.92. The molecular formula is C12H16O4. The fourth-order valence-electron chi connectivity index (χ4n) is 2.21. The van der Waals surface area contributed by atoms with Gasteiger partial charge in [0.15, 0.2) is 5.78 Å². The van der Waals surface area contributed by atoms with Crippen LogP contribution in [0.1, 0.15) is 39.0 Å². The molecular weight excluding hydrogens is 208 g/mol. The largest absolute Gasteiger partial charge is 0.493 e. The summed E-state index contributed by atoms with van der Waals surface area (Å²) < 4.78 is 10.5. The van der Waals surface area contributed by atoms with Crippen LogP contribution in [0.5, 0.6) is 0 Å². The van der Waals surface area contributed by atoms with Crippen molar-refractivity contribution in [3.63, 3.8) is 0 Å². The van der Waals surface area contributed by atoms with E-state index in [-0.39, 0.29) is 24.3 Å². The van der Waals surface area contributed by atoms with Gasteiger partial charge in [-0.25, -0.2) is 0 Å². The summed E-state index contributed by atoms with van der Waals surface area (Å²) in [5, 5.41) is 0. The van der Waals surface area contributed by atoms with Crippen molar-refractivity contribution in [1.82, 2.24) is 0 Å². The van der Waals surface area contributed by atoms with E-state index in [1.165, 1.54) is 0 Å². The quantitative estimate of drug-likeness (QED) is 0.685. The second-order valence-corrected chi connectivity index (χ2v) is 4.13. The Kier molecular flexibility index (Phi) is 3.27. The summed E-state index contributed by atoms with van der Waals surface area (Å²) in [7, 11) is 0. The van der Waals surface area contributed by atoms with E-state index in [4.69, 9.17) is 9.47 Å². The van der Waals surface area contributed by atoms with E-state index in [1.54, 1.807) is 6.92 Å². The van der Waals surface area contributed by atoms with E-state index >= 15 is 0 Å². The van der Waals surface area contributed by atoms with Crippen molar-refractivity contribution in [2.45, 2.75) is 45.1 Å².